The van der Waals surface area contributed by atoms with Crippen molar-refractivity contribution in [1.82, 2.24) is 10.1 Å². The van der Waals surface area contributed by atoms with E-state index in [0.29, 0.717) is 23.8 Å². The van der Waals surface area contributed by atoms with Crippen molar-refractivity contribution in [2.45, 2.75) is 13.5 Å². The standard InChI is InChI=1S/C16H14FN3O/c1-11-5-7-14(8-6-11)18-10-15-19-16(21-20-15)12-3-2-4-13(17)9-12/h2-9,18H,10H2,1H3. The summed E-state index contributed by atoms with van der Waals surface area (Å²) in [6.45, 7) is 2.48. The van der Waals surface area contributed by atoms with Crippen LogP contribution in [0.2, 0.25) is 0 Å². The van der Waals surface area contributed by atoms with Crippen molar-refractivity contribution in [2.75, 3.05) is 5.32 Å². The maximum absolute atomic E-state index is 13.2. The lowest BCUT2D eigenvalue weighted by atomic mass is 10.2. The quantitative estimate of drug-likeness (QED) is 0.791. The van der Waals surface area contributed by atoms with Crippen LogP contribution in [0, 0.1) is 12.7 Å². The Morgan fingerprint density at radius 2 is 1.95 bits per heavy atom. The van der Waals surface area contributed by atoms with Gasteiger partial charge in [0.05, 0.1) is 6.54 Å². The van der Waals surface area contributed by atoms with Gasteiger partial charge in [0.25, 0.3) is 5.89 Å². The van der Waals surface area contributed by atoms with Crippen LogP contribution in [0.4, 0.5) is 10.1 Å². The van der Waals surface area contributed by atoms with Crippen LogP contribution in [0.3, 0.4) is 0 Å². The molecule has 3 rings (SSSR count). The highest BCUT2D eigenvalue weighted by Crippen LogP contribution is 2.18. The van der Waals surface area contributed by atoms with E-state index < -0.39 is 0 Å². The highest BCUT2D eigenvalue weighted by molar-refractivity contribution is 5.52. The third-order valence-corrected chi connectivity index (χ3v) is 3.04. The molecule has 5 heteroatoms. The minimum atomic E-state index is -0.329. The molecule has 2 aromatic carbocycles. The molecule has 0 radical (unpaired) electrons. The minimum Gasteiger partial charge on any atom is -0.378 e. The molecule has 0 aliphatic carbocycles. The van der Waals surface area contributed by atoms with Crippen molar-refractivity contribution in [2.24, 2.45) is 0 Å². The molecule has 0 atom stereocenters. The van der Waals surface area contributed by atoms with Crippen molar-refractivity contribution in [1.29, 1.82) is 0 Å². The van der Waals surface area contributed by atoms with Crippen LogP contribution in [0.5, 0.6) is 0 Å². The van der Waals surface area contributed by atoms with E-state index in [-0.39, 0.29) is 5.82 Å². The van der Waals surface area contributed by atoms with Gasteiger partial charge in [0, 0.05) is 11.3 Å². The Kier molecular flexibility index (Phi) is 3.64. The average Bonchev–Trinajstić information content (AvgIpc) is 2.96. The van der Waals surface area contributed by atoms with Crippen molar-refractivity contribution in [3.8, 4) is 11.5 Å². The van der Waals surface area contributed by atoms with Crippen LogP contribution in [-0.4, -0.2) is 10.1 Å². The van der Waals surface area contributed by atoms with Gasteiger partial charge in [-0.15, -0.1) is 0 Å². The van der Waals surface area contributed by atoms with Gasteiger partial charge in [0.15, 0.2) is 5.82 Å². The Morgan fingerprint density at radius 1 is 1.14 bits per heavy atom. The van der Waals surface area contributed by atoms with E-state index in [4.69, 9.17) is 4.52 Å². The lowest BCUT2D eigenvalue weighted by Crippen LogP contribution is -2.01. The molecule has 21 heavy (non-hydrogen) atoms. The first-order chi connectivity index (χ1) is 10.2. The van der Waals surface area contributed by atoms with Gasteiger partial charge in [-0.05, 0) is 37.3 Å². The van der Waals surface area contributed by atoms with Crippen molar-refractivity contribution < 1.29 is 8.91 Å². The summed E-state index contributed by atoms with van der Waals surface area (Å²) >= 11 is 0. The maximum Gasteiger partial charge on any atom is 0.258 e. The predicted molar refractivity (Wildman–Crippen MR) is 78.2 cm³/mol. The topological polar surface area (TPSA) is 51.0 Å². The third-order valence-electron chi connectivity index (χ3n) is 3.04. The molecule has 0 spiro atoms. The molecule has 106 valence electrons. The molecule has 0 fully saturated rings. The molecular weight excluding hydrogens is 269 g/mol. The Labute approximate surface area is 121 Å². The zero-order valence-corrected chi connectivity index (χ0v) is 11.5. The molecule has 0 aliphatic rings. The Hall–Kier alpha value is -2.69. The van der Waals surface area contributed by atoms with Crippen LogP contribution >= 0.6 is 0 Å². The monoisotopic (exact) mass is 283 g/mol. The summed E-state index contributed by atoms with van der Waals surface area (Å²) in [5.41, 5.74) is 2.76. The molecule has 4 nitrogen and oxygen atoms in total. The fourth-order valence-electron chi connectivity index (χ4n) is 1.92. The largest absolute Gasteiger partial charge is 0.378 e. The molecule has 1 heterocycles. The fraction of sp³-hybridized carbons (Fsp3) is 0.125. The second-order valence-electron chi connectivity index (χ2n) is 4.75. The smallest absolute Gasteiger partial charge is 0.258 e. The van der Waals surface area contributed by atoms with Gasteiger partial charge >= 0.3 is 0 Å². The molecule has 0 saturated heterocycles. The molecular formula is C16H14FN3O. The average molecular weight is 283 g/mol. The van der Waals surface area contributed by atoms with Gasteiger partial charge in [-0.25, -0.2) is 4.39 Å². The summed E-state index contributed by atoms with van der Waals surface area (Å²) in [7, 11) is 0. The molecule has 1 aromatic heterocycles. The number of hydrogen-bond donors (Lipinski definition) is 1. The Morgan fingerprint density at radius 3 is 2.71 bits per heavy atom. The molecule has 0 amide bonds. The number of aryl methyl sites for hydroxylation is 1. The van der Waals surface area contributed by atoms with E-state index in [1.54, 1.807) is 12.1 Å². The first kappa shape index (κ1) is 13.3. The number of nitrogens with zero attached hydrogens (tertiary/aromatic N) is 2. The van der Waals surface area contributed by atoms with Crippen molar-refractivity contribution in [3.63, 3.8) is 0 Å². The third kappa shape index (κ3) is 3.25. The second-order valence-corrected chi connectivity index (χ2v) is 4.75. The number of halogens is 1. The van der Waals surface area contributed by atoms with Crippen LogP contribution in [-0.2, 0) is 6.54 Å². The molecule has 0 unspecified atom stereocenters. The minimum absolute atomic E-state index is 0.315. The zero-order chi connectivity index (χ0) is 14.7. The van der Waals surface area contributed by atoms with Gasteiger partial charge in [0.1, 0.15) is 5.82 Å². The maximum atomic E-state index is 13.2. The number of aromatic nitrogens is 2. The van der Waals surface area contributed by atoms with Crippen LogP contribution < -0.4 is 5.32 Å². The number of rotatable bonds is 4. The van der Waals surface area contributed by atoms with Gasteiger partial charge in [-0.2, -0.15) is 4.98 Å². The van der Waals surface area contributed by atoms with Crippen LogP contribution in [0.1, 0.15) is 11.4 Å². The van der Waals surface area contributed by atoms with E-state index in [1.165, 1.54) is 17.7 Å². The summed E-state index contributed by atoms with van der Waals surface area (Å²) in [5, 5.41) is 7.09. The van der Waals surface area contributed by atoms with Gasteiger partial charge < -0.3 is 9.84 Å². The number of anilines is 1. The number of nitrogens with one attached hydrogen (secondary N) is 1. The van der Waals surface area contributed by atoms with Gasteiger partial charge in [-0.1, -0.05) is 28.9 Å². The highest BCUT2D eigenvalue weighted by atomic mass is 19.1. The summed E-state index contributed by atoms with van der Waals surface area (Å²) in [6, 6.07) is 14.1. The number of benzene rings is 2. The van der Waals surface area contributed by atoms with Crippen LogP contribution in [0.15, 0.2) is 53.1 Å². The second kappa shape index (κ2) is 5.75. The van der Waals surface area contributed by atoms with Crippen LogP contribution in [0.25, 0.3) is 11.5 Å². The molecule has 3 aromatic rings. The van der Waals surface area contributed by atoms with E-state index >= 15 is 0 Å². The summed E-state index contributed by atoms with van der Waals surface area (Å²) in [4.78, 5) is 4.25. The lowest BCUT2D eigenvalue weighted by Gasteiger charge is -2.03. The molecule has 0 aliphatic heterocycles. The Balaban J connectivity index is 1.69. The highest BCUT2D eigenvalue weighted by Gasteiger charge is 2.09. The number of hydrogen-bond acceptors (Lipinski definition) is 4. The van der Waals surface area contributed by atoms with E-state index in [9.17, 15) is 4.39 Å². The zero-order valence-electron chi connectivity index (χ0n) is 11.5. The molecule has 0 saturated carbocycles. The van der Waals surface area contributed by atoms with E-state index in [1.807, 2.05) is 31.2 Å². The fourth-order valence-corrected chi connectivity index (χ4v) is 1.92. The lowest BCUT2D eigenvalue weighted by molar-refractivity contribution is 0.423. The summed E-state index contributed by atoms with van der Waals surface area (Å²) in [5.74, 6) is 0.509. The first-order valence-corrected chi connectivity index (χ1v) is 6.60. The summed E-state index contributed by atoms with van der Waals surface area (Å²) in [6.07, 6.45) is 0. The molecule has 1 N–H and O–H groups in total. The Bertz CT molecular complexity index is 737. The van der Waals surface area contributed by atoms with Gasteiger partial charge in [-0.3, -0.25) is 0 Å². The van der Waals surface area contributed by atoms with Crippen molar-refractivity contribution in [3.05, 3.63) is 65.7 Å². The normalized spacial score (nSPS) is 10.6. The SMILES string of the molecule is Cc1ccc(NCc2noc(-c3cccc(F)c3)n2)cc1. The van der Waals surface area contributed by atoms with Gasteiger partial charge in [0.2, 0.25) is 0 Å². The van der Waals surface area contributed by atoms with Crippen molar-refractivity contribution >= 4 is 5.69 Å². The van der Waals surface area contributed by atoms with E-state index in [2.05, 4.69) is 15.5 Å². The summed E-state index contributed by atoms with van der Waals surface area (Å²) < 4.78 is 18.3. The molecule has 0 bridgehead atoms. The predicted octanol–water partition coefficient (Wildman–Crippen LogP) is 3.80. The van der Waals surface area contributed by atoms with E-state index in [0.717, 1.165) is 5.69 Å². The first-order valence-electron chi connectivity index (χ1n) is 6.60.